The van der Waals surface area contributed by atoms with Crippen LogP contribution in [0.1, 0.15) is 13.8 Å². The van der Waals surface area contributed by atoms with Gasteiger partial charge in [0.25, 0.3) is 0 Å². The number of hydrogen-bond donors (Lipinski definition) is 2. The Balaban J connectivity index is 1.93. The number of aromatic nitrogens is 3. The summed E-state index contributed by atoms with van der Waals surface area (Å²) in [7, 11) is 0. The molecule has 0 saturated heterocycles. The highest BCUT2D eigenvalue weighted by Gasteiger charge is 2.03. The molecule has 5 nitrogen and oxygen atoms in total. The van der Waals surface area contributed by atoms with Crippen molar-refractivity contribution in [1.82, 2.24) is 14.5 Å². The summed E-state index contributed by atoms with van der Waals surface area (Å²) in [5.74, 6) is 0. The molecule has 1 atom stereocenters. The standard InChI is InChI=1S/C13H19N5/c1-3-16-12-6-13(8-15-7-12)17-11(2)9-18-5-4-14-10-18/h4-8,10-11,16-17H,3,9H2,1-2H3. The van der Waals surface area contributed by atoms with Gasteiger partial charge in [0, 0.05) is 31.5 Å². The lowest BCUT2D eigenvalue weighted by Crippen LogP contribution is -2.21. The molecule has 2 N–H and O–H groups in total. The Morgan fingerprint density at radius 3 is 2.83 bits per heavy atom. The lowest BCUT2D eigenvalue weighted by Gasteiger charge is -2.16. The van der Waals surface area contributed by atoms with Crippen LogP contribution in [0.25, 0.3) is 0 Å². The molecule has 0 amide bonds. The summed E-state index contributed by atoms with van der Waals surface area (Å²) in [5, 5.41) is 6.68. The van der Waals surface area contributed by atoms with Crippen LogP contribution in [0.2, 0.25) is 0 Å². The molecule has 0 fully saturated rings. The quantitative estimate of drug-likeness (QED) is 0.819. The zero-order chi connectivity index (χ0) is 12.8. The third-order valence-electron chi connectivity index (χ3n) is 2.58. The maximum atomic E-state index is 4.21. The van der Waals surface area contributed by atoms with E-state index in [0.29, 0.717) is 6.04 Å². The van der Waals surface area contributed by atoms with Gasteiger partial charge in [0.15, 0.2) is 0 Å². The molecule has 5 heteroatoms. The summed E-state index contributed by atoms with van der Waals surface area (Å²) in [4.78, 5) is 8.24. The van der Waals surface area contributed by atoms with Crippen molar-refractivity contribution in [3.05, 3.63) is 37.2 Å². The van der Waals surface area contributed by atoms with Crippen LogP contribution in [0, 0.1) is 0 Å². The minimum atomic E-state index is 0.317. The fourth-order valence-corrected chi connectivity index (χ4v) is 1.86. The third kappa shape index (κ3) is 3.48. The van der Waals surface area contributed by atoms with Crippen LogP contribution in [0.4, 0.5) is 11.4 Å². The van der Waals surface area contributed by atoms with Crippen LogP contribution in [0.5, 0.6) is 0 Å². The van der Waals surface area contributed by atoms with Gasteiger partial charge in [-0.2, -0.15) is 0 Å². The highest BCUT2D eigenvalue weighted by Crippen LogP contribution is 2.14. The van der Waals surface area contributed by atoms with Gasteiger partial charge in [0.2, 0.25) is 0 Å². The van der Waals surface area contributed by atoms with Crippen molar-refractivity contribution in [2.45, 2.75) is 26.4 Å². The van der Waals surface area contributed by atoms with E-state index in [9.17, 15) is 0 Å². The van der Waals surface area contributed by atoms with Crippen LogP contribution in [0.3, 0.4) is 0 Å². The molecule has 0 aliphatic heterocycles. The van der Waals surface area contributed by atoms with Gasteiger partial charge in [-0.05, 0) is 19.9 Å². The summed E-state index contributed by atoms with van der Waals surface area (Å²) in [6, 6.07) is 2.39. The van der Waals surface area contributed by atoms with E-state index in [1.165, 1.54) is 0 Å². The number of anilines is 2. The van der Waals surface area contributed by atoms with E-state index in [-0.39, 0.29) is 0 Å². The molecule has 0 spiro atoms. The van der Waals surface area contributed by atoms with E-state index in [0.717, 1.165) is 24.5 Å². The van der Waals surface area contributed by atoms with Crippen LogP contribution >= 0.6 is 0 Å². The Bertz CT molecular complexity index is 466. The predicted octanol–water partition coefficient (Wildman–Crippen LogP) is 2.21. The molecule has 2 aromatic rings. The third-order valence-corrected chi connectivity index (χ3v) is 2.58. The van der Waals surface area contributed by atoms with Crippen molar-refractivity contribution in [3.8, 4) is 0 Å². The number of pyridine rings is 1. The average molecular weight is 245 g/mol. The Morgan fingerprint density at radius 2 is 2.11 bits per heavy atom. The molecular formula is C13H19N5. The Morgan fingerprint density at radius 1 is 1.28 bits per heavy atom. The SMILES string of the molecule is CCNc1cncc(NC(C)Cn2ccnc2)c1. The molecule has 2 aromatic heterocycles. The average Bonchev–Trinajstić information content (AvgIpc) is 2.82. The maximum absolute atomic E-state index is 4.21. The van der Waals surface area contributed by atoms with Gasteiger partial charge in [-0.3, -0.25) is 4.98 Å². The van der Waals surface area contributed by atoms with E-state index in [4.69, 9.17) is 0 Å². The van der Waals surface area contributed by atoms with Crippen molar-refractivity contribution < 1.29 is 0 Å². The first kappa shape index (κ1) is 12.4. The number of nitrogens with one attached hydrogen (secondary N) is 2. The first-order valence-corrected chi connectivity index (χ1v) is 6.19. The lowest BCUT2D eigenvalue weighted by molar-refractivity contribution is 0.618. The molecule has 96 valence electrons. The topological polar surface area (TPSA) is 54.8 Å². The first-order valence-electron chi connectivity index (χ1n) is 6.19. The summed E-state index contributed by atoms with van der Waals surface area (Å²) in [6.45, 7) is 5.99. The van der Waals surface area contributed by atoms with Gasteiger partial charge < -0.3 is 15.2 Å². The van der Waals surface area contributed by atoms with Crippen molar-refractivity contribution in [3.63, 3.8) is 0 Å². The van der Waals surface area contributed by atoms with Gasteiger partial charge in [-0.25, -0.2) is 4.98 Å². The van der Waals surface area contributed by atoms with Crippen LogP contribution in [0.15, 0.2) is 37.2 Å². The van der Waals surface area contributed by atoms with E-state index in [1.807, 2.05) is 24.9 Å². The van der Waals surface area contributed by atoms with E-state index >= 15 is 0 Å². The molecule has 1 unspecified atom stereocenters. The molecule has 0 aromatic carbocycles. The van der Waals surface area contributed by atoms with Crippen molar-refractivity contribution >= 4 is 11.4 Å². The number of nitrogens with zero attached hydrogens (tertiary/aromatic N) is 3. The minimum Gasteiger partial charge on any atom is -0.384 e. The van der Waals surface area contributed by atoms with Crippen LogP contribution in [-0.2, 0) is 6.54 Å². The normalized spacial score (nSPS) is 12.1. The second-order valence-electron chi connectivity index (χ2n) is 4.30. The molecule has 2 rings (SSSR count). The minimum absolute atomic E-state index is 0.317. The summed E-state index contributed by atoms with van der Waals surface area (Å²) in [5.41, 5.74) is 2.07. The zero-order valence-corrected chi connectivity index (χ0v) is 10.8. The van der Waals surface area contributed by atoms with E-state index in [2.05, 4.69) is 45.1 Å². The largest absolute Gasteiger partial charge is 0.384 e. The monoisotopic (exact) mass is 245 g/mol. The number of imidazole rings is 1. The van der Waals surface area contributed by atoms with Crippen molar-refractivity contribution in [2.75, 3.05) is 17.2 Å². The number of rotatable bonds is 6. The Hall–Kier alpha value is -2.04. The summed E-state index contributed by atoms with van der Waals surface area (Å²) in [6.07, 6.45) is 9.25. The second-order valence-corrected chi connectivity index (χ2v) is 4.30. The highest BCUT2D eigenvalue weighted by molar-refractivity contribution is 5.54. The molecule has 18 heavy (non-hydrogen) atoms. The maximum Gasteiger partial charge on any atom is 0.0946 e. The predicted molar refractivity (Wildman–Crippen MR) is 73.7 cm³/mol. The van der Waals surface area contributed by atoms with Crippen molar-refractivity contribution in [1.29, 1.82) is 0 Å². The molecule has 0 saturated carbocycles. The molecule has 2 heterocycles. The van der Waals surface area contributed by atoms with Gasteiger partial charge in [0.05, 0.1) is 30.1 Å². The summed E-state index contributed by atoms with van der Waals surface area (Å²) >= 11 is 0. The fraction of sp³-hybridized carbons (Fsp3) is 0.385. The van der Waals surface area contributed by atoms with E-state index in [1.54, 1.807) is 6.20 Å². The number of hydrogen-bond acceptors (Lipinski definition) is 4. The molecule has 0 aliphatic rings. The van der Waals surface area contributed by atoms with Crippen LogP contribution in [-0.4, -0.2) is 27.1 Å². The van der Waals surface area contributed by atoms with Gasteiger partial charge in [0.1, 0.15) is 0 Å². The molecular weight excluding hydrogens is 226 g/mol. The fourth-order valence-electron chi connectivity index (χ4n) is 1.86. The highest BCUT2D eigenvalue weighted by atomic mass is 15.1. The first-order chi connectivity index (χ1) is 8.78. The molecule has 0 radical (unpaired) electrons. The summed E-state index contributed by atoms with van der Waals surface area (Å²) < 4.78 is 2.05. The van der Waals surface area contributed by atoms with Crippen LogP contribution < -0.4 is 10.6 Å². The van der Waals surface area contributed by atoms with Gasteiger partial charge in [-0.1, -0.05) is 0 Å². The molecule has 0 aliphatic carbocycles. The van der Waals surface area contributed by atoms with Gasteiger partial charge >= 0.3 is 0 Å². The van der Waals surface area contributed by atoms with Crippen molar-refractivity contribution in [2.24, 2.45) is 0 Å². The van der Waals surface area contributed by atoms with E-state index < -0.39 is 0 Å². The second kappa shape index (κ2) is 6.05. The molecule has 0 bridgehead atoms. The zero-order valence-electron chi connectivity index (χ0n) is 10.8. The smallest absolute Gasteiger partial charge is 0.0946 e. The Labute approximate surface area is 107 Å². The lowest BCUT2D eigenvalue weighted by atomic mass is 10.3. The van der Waals surface area contributed by atoms with Gasteiger partial charge in [-0.15, -0.1) is 0 Å². The Kier molecular flexibility index (Phi) is 4.17.